The maximum absolute atomic E-state index is 10.8. The zero-order chi connectivity index (χ0) is 12.0. The van der Waals surface area contributed by atoms with Crippen molar-refractivity contribution in [3.63, 3.8) is 0 Å². The first-order valence-electron chi connectivity index (χ1n) is 5.57. The zero-order valence-electron chi connectivity index (χ0n) is 10.6. The number of benzene rings is 1. The van der Waals surface area contributed by atoms with Crippen molar-refractivity contribution in [2.45, 2.75) is 26.7 Å². The number of methoxy groups -OCH3 is 1. The van der Waals surface area contributed by atoms with E-state index in [1.807, 2.05) is 6.07 Å². The van der Waals surface area contributed by atoms with Gasteiger partial charge in [-0.15, -0.1) is 12.4 Å². The molecule has 1 amide bonds. The van der Waals surface area contributed by atoms with Crippen molar-refractivity contribution in [2.24, 2.45) is 0 Å². The third-order valence-corrected chi connectivity index (χ3v) is 2.52. The van der Waals surface area contributed by atoms with Crippen molar-refractivity contribution in [1.82, 2.24) is 5.32 Å². The molecule has 96 valence electrons. The van der Waals surface area contributed by atoms with E-state index in [2.05, 4.69) is 24.4 Å². The Balaban J connectivity index is 0.00000256. The van der Waals surface area contributed by atoms with E-state index < -0.39 is 0 Å². The van der Waals surface area contributed by atoms with Crippen LogP contribution in [-0.2, 0) is 17.6 Å². The molecule has 0 saturated heterocycles. The Morgan fingerprint density at radius 3 is 2.65 bits per heavy atom. The van der Waals surface area contributed by atoms with Crippen LogP contribution in [0, 0.1) is 0 Å². The van der Waals surface area contributed by atoms with Crippen LogP contribution in [0.2, 0.25) is 0 Å². The molecule has 0 unspecified atom stereocenters. The molecule has 0 heterocycles. The van der Waals surface area contributed by atoms with Crippen molar-refractivity contribution in [3.05, 3.63) is 29.3 Å². The van der Waals surface area contributed by atoms with Gasteiger partial charge < -0.3 is 10.1 Å². The summed E-state index contributed by atoms with van der Waals surface area (Å²) in [4.78, 5) is 10.8. The van der Waals surface area contributed by atoms with Gasteiger partial charge in [-0.25, -0.2) is 0 Å². The van der Waals surface area contributed by atoms with E-state index in [1.54, 1.807) is 7.11 Å². The van der Waals surface area contributed by atoms with Gasteiger partial charge in [0, 0.05) is 13.5 Å². The summed E-state index contributed by atoms with van der Waals surface area (Å²) >= 11 is 0. The fourth-order valence-electron chi connectivity index (χ4n) is 1.62. The van der Waals surface area contributed by atoms with Crippen molar-refractivity contribution in [3.8, 4) is 5.75 Å². The molecule has 0 radical (unpaired) electrons. The molecule has 0 aliphatic rings. The lowest BCUT2D eigenvalue weighted by molar-refractivity contribution is -0.118. The van der Waals surface area contributed by atoms with Crippen LogP contribution in [0.4, 0.5) is 0 Å². The van der Waals surface area contributed by atoms with Crippen LogP contribution in [-0.4, -0.2) is 19.6 Å². The molecule has 17 heavy (non-hydrogen) atoms. The van der Waals surface area contributed by atoms with Crippen LogP contribution >= 0.6 is 12.4 Å². The third-order valence-electron chi connectivity index (χ3n) is 2.52. The standard InChI is InChI=1S/C13H19NO2.ClH/c1-4-11-5-6-13(16-3)12(9-11)7-8-14-10(2)15;/h5-6,9H,4,7-8H2,1-3H3,(H,14,15);1H. The third kappa shape index (κ3) is 5.09. The molecule has 1 N–H and O–H groups in total. The maximum Gasteiger partial charge on any atom is 0.216 e. The fraction of sp³-hybridized carbons (Fsp3) is 0.462. The first kappa shape index (κ1) is 15.8. The van der Waals surface area contributed by atoms with E-state index in [0.29, 0.717) is 6.54 Å². The second kappa shape index (κ2) is 7.96. The lowest BCUT2D eigenvalue weighted by Crippen LogP contribution is -2.22. The molecule has 0 aromatic heterocycles. The van der Waals surface area contributed by atoms with Crippen molar-refractivity contribution in [2.75, 3.05) is 13.7 Å². The SMILES string of the molecule is CCc1ccc(OC)c(CCNC(C)=O)c1.Cl. The minimum absolute atomic E-state index is 0. The van der Waals surface area contributed by atoms with Crippen LogP contribution in [0.5, 0.6) is 5.75 Å². The maximum atomic E-state index is 10.8. The minimum atomic E-state index is 0. The number of halogens is 1. The highest BCUT2D eigenvalue weighted by Gasteiger charge is 2.04. The van der Waals surface area contributed by atoms with Gasteiger partial charge in [0.05, 0.1) is 7.11 Å². The number of aryl methyl sites for hydroxylation is 1. The van der Waals surface area contributed by atoms with Crippen molar-refractivity contribution in [1.29, 1.82) is 0 Å². The first-order chi connectivity index (χ1) is 7.67. The lowest BCUT2D eigenvalue weighted by atomic mass is 10.1. The number of carbonyl (C=O) groups excluding carboxylic acids is 1. The monoisotopic (exact) mass is 257 g/mol. The van der Waals surface area contributed by atoms with E-state index in [4.69, 9.17) is 4.74 Å². The molecular formula is C13H20ClNO2. The van der Waals surface area contributed by atoms with Gasteiger partial charge in [-0.2, -0.15) is 0 Å². The number of carbonyl (C=O) groups is 1. The van der Waals surface area contributed by atoms with Gasteiger partial charge in [0.25, 0.3) is 0 Å². The second-order valence-corrected chi connectivity index (χ2v) is 3.73. The van der Waals surface area contributed by atoms with Gasteiger partial charge in [-0.05, 0) is 30.0 Å². The van der Waals surface area contributed by atoms with E-state index in [0.717, 1.165) is 24.2 Å². The fourth-order valence-corrected chi connectivity index (χ4v) is 1.62. The number of ether oxygens (including phenoxy) is 1. The number of nitrogens with one attached hydrogen (secondary N) is 1. The quantitative estimate of drug-likeness (QED) is 0.880. The molecule has 0 bridgehead atoms. The molecule has 0 aliphatic heterocycles. The molecule has 3 nitrogen and oxygen atoms in total. The lowest BCUT2D eigenvalue weighted by Gasteiger charge is -2.10. The van der Waals surface area contributed by atoms with Crippen LogP contribution in [0.3, 0.4) is 0 Å². The van der Waals surface area contributed by atoms with Crippen molar-refractivity contribution >= 4 is 18.3 Å². The van der Waals surface area contributed by atoms with Crippen LogP contribution in [0.15, 0.2) is 18.2 Å². The number of hydrogen-bond acceptors (Lipinski definition) is 2. The Labute approximate surface area is 109 Å². The average molecular weight is 258 g/mol. The van der Waals surface area contributed by atoms with Crippen LogP contribution < -0.4 is 10.1 Å². The predicted octanol–water partition coefficient (Wildman–Crippen LogP) is 2.36. The molecule has 1 rings (SSSR count). The molecular weight excluding hydrogens is 238 g/mol. The van der Waals surface area contributed by atoms with Gasteiger partial charge in [0.15, 0.2) is 0 Å². The Bertz CT molecular complexity index is 366. The number of rotatable bonds is 5. The van der Waals surface area contributed by atoms with E-state index in [-0.39, 0.29) is 18.3 Å². The number of hydrogen-bond donors (Lipinski definition) is 1. The molecule has 1 aromatic rings. The van der Waals surface area contributed by atoms with Gasteiger partial charge in [-0.1, -0.05) is 19.1 Å². The Morgan fingerprint density at radius 2 is 2.12 bits per heavy atom. The van der Waals surface area contributed by atoms with Gasteiger partial charge >= 0.3 is 0 Å². The summed E-state index contributed by atoms with van der Waals surface area (Å²) in [5, 5.41) is 2.79. The molecule has 4 heteroatoms. The summed E-state index contributed by atoms with van der Waals surface area (Å²) in [5.74, 6) is 0.896. The predicted molar refractivity (Wildman–Crippen MR) is 72.0 cm³/mol. The summed E-state index contributed by atoms with van der Waals surface area (Å²) in [5.41, 5.74) is 2.44. The topological polar surface area (TPSA) is 38.3 Å². The summed E-state index contributed by atoms with van der Waals surface area (Å²) in [7, 11) is 1.67. The largest absolute Gasteiger partial charge is 0.496 e. The molecule has 1 aromatic carbocycles. The Hall–Kier alpha value is -1.22. The molecule has 0 saturated carbocycles. The molecule has 0 spiro atoms. The highest BCUT2D eigenvalue weighted by atomic mass is 35.5. The van der Waals surface area contributed by atoms with E-state index in [1.165, 1.54) is 12.5 Å². The van der Waals surface area contributed by atoms with E-state index >= 15 is 0 Å². The van der Waals surface area contributed by atoms with Gasteiger partial charge in [0.2, 0.25) is 5.91 Å². The highest BCUT2D eigenvalue weighted by molar-refractivity contribution is 5.85. The average Bonchev–Trinajstić information content (AvgIpc) is 2.28. The van der Waals surface area contributed by atoms with Gasteiger partial charge in [-0.3, -0.25) is 4.79 Å². The highest BCUT2D eigenvalue weighted by Crippen LogP contribution is 2.20. The zero-order valence-corrected chi connectivity index (χ0v) is 11.4. The molecule has 0 aliphatic carbocycles. The normalized spacial score (nSPS) is 9.35. The second-order valence-electron chi connectivity index (χ2n) is 3.73. The molecule has 0 fully saturated rings. The summed E-state index contributed by atoms with van der Waals surface area (Å²) in [6.45, 7) is 4.30. The first-order valence-corrected chi connectivity index (χ1v) is 5.57. The number of amides is 1. The van der Waals surface area contributed by atoms with E-state index in [9.17, 15) is 4.79 Å². The summed E-state index contributed by atoms with van der Waals surface area (Å²) in [6, 6.07) is 6.20. The van der Waals surface area contributed by atoms with Gasteiger partial charge in [0.1, 0.15) is 5.75 Å². The van der Waals surface area contributed by atoms with Crippen molar-refractivity contribution < 1.29 is 9.53 Å². The smallest absolute Gasteiger partial charge is 0.216 e. The van der Waals surface area contributed by atoms with Crippen LogP contribution in [0.25, 0.3) is 0 Å². The summed E-state index contributed by atoms with van der Waals surface area (Å²) in [6.07, 6.45) is 1.81. The summed E-state index contributed by atoms with van der Waals surface area (Å²) < 4.78 is 5.29. The Kier molecular flexibility index (Phi) is 7.39. The Morgan fingerprint density at radius 1 is 1.41 bits per heavy atom. The van der Waals surface area contributed by atoms with Crippen LogP contribution in [0.1, 0.15) is 25.0 Å². The minimum Gasteiger partial charge on any atom is -0.496 e. The molecule has 0 atom stereocenters.